The molecular formula is C12H22O3. The average molecular weight is 214 g/mol. The van der Waals surface area contributed by atoms with Crippen LogP contribution in [0.5, 0.6) is 0 Å². The molecule has 0 aromatic carbocycles. The molecular weight excluding hydrogens is 192 g/mol. The molecule has 1 N–H and O–H groups in total. The molecule has 1 saturated carbocycles. The monoisotopic (exact) mass is 214 g/mol. The van der Waals surface area contributed by atoms with Gasteiger partial charge in [0.2, 0.25) is 0 Å². The highest BCUT2D eigenvalue weighted by Gasteiger charge is 2.40. The molecule has 0 saturated heterocycles. The predicted molar refractivity (Wildman–Crippen MR) is 58.4 cm³/mol. The highest BCUT2D eigenvalue weighted by atomic mass is 16.6. The van der Waals surface area contributed by atoms with Gasteiger partial charge < -0.3 is 9.84 Å². The summed E-state index contributed by atoms with van der Waals surface area (Å²) in [6, 6.07) is 0. The smallest absolute Gasteiger partial charge is 0.303 e. The summed E-state index contributed by atoms with van der Waals surface area (Å²) in [4.78, 5) is 10.9. The first kappa shape index (κ1) is 12.5. The fourth-order valence-corrected chi connectivity index (χ4v) is 2.58. The highest BCUT2D eigenvalue weighted by molar-refractivity contribution is 5.66. The van der Waals surface area contributed by atoms with Crippen LogP contribution in [0.4, 0.5) is 0 Å². The van der Waals surface area contributed by atoms with Crippen LogP contribution >= 0.6 is 0 Å². The Bertz CT molecular complexity index is 237. The minimum Gasteiger partial charge on any atom is -0.459 e. The SMILES string of the molecule is CC(=O)O[C@]1(C)CC[C@@H](C(C)C)[C@H](O)C1. The standard InChI is InChI=1S/C12H22O3/c1-8(2)10-5-6-12(4,7-11(10)14)15-9(3)13/h8,10-11,14H,5-7H2,1-4H3/t10-,11+,12+/m0/s1. The van der Waals surface area contributed by atoms with Gasteiger partial charge in [0.05, 0.1) is 6.10 Å². The molecule has 1 aliphatic carbocycles. The zero-order valence-corrected chi connectivity index (χ0v) is 10.1. The maximum absolute atomic E-state index is 10.9. The Morgan fingerprint density at radius 3 is 2.53 bits per heavy atom. The van der Waals surface area contributed by atoms with Gasteiger partial charge in [-0.15, -0.1) is 0 Å². The van der Waals surface area contributed by atoms with E-state index in [1.165, 1.54) is 6.92 Å². The molecule has 0 spiro atoms. The molecule has 1 rings (SSSR count). The zero-order chi connectivity index (χ0) is 11.6. The van der Waals surface area contributed by atoms with Crippen LogP contribution < -0.4 is 0 Å². The Labute approximate surface area is 91.8 Å². The minimum absolute atomic E-state index is 0.257. The van der Waals surface area contributed by atoms with E-state index in [0.717, 1.165) is 12.8 Å². The molecule has 0 aromatic heterocycles. The average Bonchev–Trinajstić information content (AvgIpc) is 1.99. The van der Waals surface area contributed by atoms with E-state index in [1.54, 1.807) is 0 Å². The van der Waals surface area contributed by atoms with Crippen molar-refractivity contribution in [3.63, 3.8) is 0 Å². The predicted octanol–water partition coefficient (Wildman–Crippen LogP) is 2.13. The van der Waals surface area contributed by atoms with Crippen LogP contribution in [0.3, 0.4) is 0 Å². The molecule has 0 aliphatic heterocycles. The van der Waals surface area contributed by atoms with E-state index in [0.29, 0.717) is 18.3 Å². The Morgan fingerprint density at radius 2 is 2.13 bits per heavy atom. The van der Waals surface area contributed by atoms with Gasteiger partial charge in [-0.3, -0.25) is 4.79 Å². The maximum atomic E-state index is 10.9. The quantitative estimate of drug-likeness (QED) is 0.716. The number of ether oxygens (including phenoxy) is 1. The Hall–Kier alpha value is -0.570. The lowest BCUT2D eigenvalue weighted by molar-refractivity contribution is -0.165. The van der Waals surface area contributed by atoms with Crippen molar-refractivity contribution >= 4 is 5.97 Å². The van der Waals surface area contributed by atoms with Crippen LogP contribution in [0.25, 0.3) is 0 Å². The Balaban J connectivity index is 2.60. The van der Waals surface area contributed by atoms with Gasteiger partial charge in [0.1, 0.15) is 5.60 Å². The van der Waals surface area contributed by atoms with Gasteiger partial charge in [0, 0.05) is 13.3 Å². The van der Waals surface area contributed by atoms with E-state index in [4.69, 9.17) is 4.74 Å². The Morgan fingerprint density at radius 1 is 1.53 bits per heavy atom. The summed E-state index contributed by atoms with van der Waals surface area (Å²) in [5.41, 5.74) is -0.462. The van der Waals surface area contributed by atoms with Crippen molar-refractivity contribution in [1.29, 1.82) is 0 Å². The van der Waals surface area contributed by atoms with E-state index in [-0.39, 0.29) is 12.1 Å². The third kappa shape index (κ3) is 3.20. The lowest BCUT2D eigenvalue weighted by Crippen LogP contribution is -2.44. The van der Waals surface area contributed by atoms with Crippen LogP contribution in [0, 0.1) is 11.8 Å². The van der Waals surface area contributed by atoms with E-state index in [1.807, 2.05) is 6.92 Å². The summed E-state index contributed by atoms with van der Waals surface area (Å²) in [6.07, 6.45) is 2.01. The molecule has 88 valence electrons. The summed E-state index contributed by atoms with van der Waals surface area (Å²) in [7, 11) is 0. The van der Waals surface area contributed by atoms with Crippen LogP contribution in [-0.4, -0.2) is 22.8 Å². The zero-order valence-electron chi connectivity index (χ0n) is 10.1. The number of hydrogen-bond donors (Lipinski definition) is 1. The van der Waals surface area contributed by atoms with E-state index >= 15 is 0 Å². The summed E-state index contributed by atoms with van der Waals surface area (Å²) in [5.74, 6) is 0.572. The van der Waals surface area contributed by atoms with Gasteiger partial charge in [-0.2, -0.15) is 0 Å². The molecule has 3 nitrogen and oxygen atoms in total. The van der Waals surface area contributed by atoms with Gasteiger partial charge in [-0.1, -0.05) is 13.8 Å². The number of rotatable bonds is 2. The summed E-state index contributed by atoms with van der Waals surface area (Å²) in [6.45, 7) is 7.59. The number of carbonyl (C=O) groups is 1. The van der Waals surface area contributed by atoms with Gasteiger partial charge in [-0.25, -0.2) is 0 Å². The number of aliphatic hydroxyl groups excluding tert-OH is 1. The minimum atomic E-state index is -0.462. The Kier molecular flexibility index (Phi) is 3.77. The molecule has 3 heteroatoms. The van der Waals surface area contributed by atoms with Crippen LogP contribution in [0.15, 0.2) is 0 Å². The second kappa shape index (κ2) is 4.52. The fraction of sp³-hybridized carbons (Fsp3) is 0.917. The molecule has 15 heavy (non-hydrogen) atoms. The van der Waals surface area contributed by atoms with Gasteiger partial charge in [0.15, 0.2) is 0 Å². The van der Waals surface area contributed by atoms with Gasteiger partial charge in [-0.05, 0) is 31.6 Å². The van der Waals surface area contributed by atoms with E-state index in [9.17, 15) is 9.90 Å². The normalized spacial score (nSPS) is 36.7. The van der Waals surface area contributed by atoms with Crippen molar-refractivity contribution in [2.45, 2.75) is 58.7 Å². The van der Waals surface area contributed by atoms with Crippen molar-refractivity contribution in [2.75, 3.05) is 0 Å². The topological polar surface area (TPSA) is 46.5 Å². The summed E-state index contributed by atoms with van der Waals surface area (Å²) in [5, 5.41) is 10.00. The molecule has 3 atom stereocenters. The molecule has 1 fully saturated rings. The molecule has 0 amide bonds. The van der Waals surface area contributed by atoms with Crippen molar-refractivity contribution in [2.24, 2.45) is 11.8 Å². The number of aliphatic hydroxyl groups is 1. The van der Waals surface area contributed by atoms with Crippen LogP contribution in [-0.2, 0) is 9.53 Å². The van der Waals surface area contributed by atoms with E-state index < -0.39 is 5.60 Å². The third-order valence-corrected chi connectivity index (χ3v) is 3.39. The highest BCUT2D eigenvalue weighted by Crippen LogP contribution is 2.38. The van der Waals surface area contributed by atoms with Crippen molar-refractivity contribution in [3.8, 4) is 0 Å². The van der Waals surface area contributed by atoms with Crippen LogP contribution in [0.1, 0.15) is 47.0 Å². The molecule has 0 unspecified atom stereocenters. The largest absolute Gasteiger partial charge is 0.459 e. The number of esters is 1. The molecule has 1 aliphatic rings. The molecule has 0 aromatic rings. The maximum Gasteiger partial charge on any atom is 0.303 e. The van der Waals surface area contributed by atoms with Gasteiger partial charge >= 0.3 is 5.97 Å². The summed E-state index contributed by atoms with van der Waals surface area (Å²) < 4.78 is 5.28. The molecule has 0 radical (unpaired) electrons. The lowest BCUT2D eigenvalue weighted by Gasteiger charge is -2.41. The number of hydrogen-bond acceptors (Lipinski definition) is 3. The van der Waals surface area contributed by atoms with Crippen molar-refractivity contribution < 1.29 is 14.6 Å². The van der Waals surface area contributed by atoms with Crippen molar-refractivity contribution in [3.05, 3.63) is 0 Å². The second-order valence-corrected chi connectivity index (χ2v) is 5.26. The van der Waals surface area contributed by atoms with Gasteiger partial charge in [0.25, 0.3) is 0 Å². The summed E-state index contributed by atoms with van der Waals surface area (Å²) >= 11 is 0. The first-order valence-electron chi connectivity index (χ1n) is 5.72. The first-order valence-corrected chi connectivity index (χ1v) is 5.72. The van der Waals surface area contributed by atoms with Crippen LogP contribution in [0.2, 0.25) is 0 Å². The fourth-order valence-electron chi connectivity index (χ4n) is 2.58. The molecule has 0 heterocycles. The first-order chi connectivity index (χ1) is 6.84. The lowest BCUT2D eigenvalue weighted by atomic mass is 9.73. The van der Waals surface area contributed by atoms with Crippen molar-refractivity contribution in [1.82, 2.24) is 0 Å². The second-order valence-electron chi connectivity index (χ2n) is 5.26. The molecule has 0 bridgehead atoms. The van der Waals surface area contributed by atoms with E-state index in [2.05, 4.69) is 13.8 Å². The third-order valence-electron chi connectivity index (χ3n) is 3.39. The number of carbonyl (C=O) groups excluding carboxylic acids is 1.